The first-order valence-electron chi connectivity index (χ1n) is 16.3. The summed E-state index contributed by atoms with van der Waals surface area (Å²) in [5.74, 6) is 0.535. The quantitative estimate of drug-likeness (QED) is 0.160. The van der Waals surface area contributed by atoms with Crippen molar-refractivity contribution >= 4 is 27.8 Å². The summed E-state index contributed by atoms with van der Waals surface area (Å²) in [5, 5.41) is 16.0. The molecule has 2 aromatic heterocycles. The lowest BCUT2D eigenvalue weighted by atomic mass is 9.81. The molecule has 3 N–H and O–H groups in total. The Kier molecular flexibility index (Phi) is 7.32. The Hall–Kier alpha value is -3.97. The Bertz CT molecular complexity index is 1810. The molecule has 0 spiro atoms. The van der Waals surface area contributed by atoms with Crippen LogP contribution in [-0.4, -0.2) is 56.4 Å². The summed E-state index contributed by atoms with van der Waals surface area (Å²) in [4.78, 5) is 20.1. The monoisotopic (exact) mass is 588 g/mol. The predicted octanol–water partition coefficient (Wildman–Crippen LogP) is 7.09. The second-order valence-corrected chi connectivity index (χ2v) is 13.9. The molecule has 0 unspecified atom stereocenters. The van der Waals surface area contributed by atoms with Crippen LogP contribution in [0.3, 0.4) is 0 Å². The average Bonchev–Trinajstić information content (AvgIpc) is 3.80. The number of fused-ring (bicyclic) bond motifs is 4. The van der Waals surface area contributed by atoms with Gasteiger partial charge in [-0.15, -0.1) is 0 Å². The fourth-order valence-electron chi connectivity index (χ4n) is 7.85. The lowest BCUT2D eigenvalue weighted by molar-refractivity contribution is -0.137. The van der Waals surface area contributed by atoms with E-state index in [2.05, 4.69) is 114 Å². The molecule has 7 nitrogen and oxygen atoms in total. The van der Waals surface area contributed by atoms with Gasteiger partial charge in [0.25, 0.3) is 0 Å². The van der Waals surface area contributed by atoms with Crippen LogP contribution < -0.4 is 5.32 Å². The zero-order valence-corrected chi connectivity index (χ0v) is 26.6. The van der Waals surface area contributed by atoms with Gasteiger partial charge in [0.1, 0.15) is 11.0 Å². The van der Waals surface area contributed by atoms with E-state index in [1.54, 1.807) is 0 Å². The molecule has 1 amide bonds. The number of aryl methyl sites for hydroxylation is 2. The fraction of sp³-hybridized carbons (Fsp3) is 0.432. The maximum absolute atomic E-state index is 14.0. The van der Waals surface area contributed by atoms with Gasteiger partial charge in [-0.3, -0.25) is 4.79 Å². The largest absolute Gasteiger partial charge is 0.354 e. The molecule has 0 aliphatic carbocycles. The first kappa shape index (κ1) is 28.8. The van der Waals surface area contributed by atoms with Crippen LogP contribution in [0.4, 0.5) is 0 Å². The molecule has 5 aromatic rings. The number of carbonyl (C=O) groups excluding carboxylic acids is 1. The highest BCUT2D eigenvalue weighted by molar-refractivity contribution is 5.95. The van der Waals surface area contributed by atoms with E-state index in [1.807, 2.05) is 6.07 Å². The van der Waals surface area contributed by atoms with E-state index in [1.165, 1.54) is 38.9 Å². The van der Waals surface area contributed by atoms with Crippen molar-refractivity contribution in [2.24, 2.45) is 0 Å². The van der Waals surface area contributed by atoms with E-state index in [4.69, 9.17) is 0 Å². The maximum atomic E-state index is 14.0. The van der Waals surface area contributed by atoms with Gasteiger partial charge in [0.2, 0.25) is 5.91 Å². The number of amides is 1. The van der Waals surface area contributed by atoms with Crippen LogP contribution in [0.1, 0.15) is 80.2 Å². The van der Waals surface area contributed by atoms with Crippen molar-refractivity contribution < 1.29 is 4.79 Å². The molecule has 7 heteroatoms. The zero-order valence-electron chi connectivity index (χ0n) is 26.6. The number of rotatable bonds is 9. The summed E-state index contributed by atoms with van der Waals surface area (Å²) in [6.45, 7) is 12.6. The Morgan fingerprint density at radius 2 is 1.66 bits per heavy atom. The fourth-order valence-corrected chi connectivity index (χ4v) is 7.85. The minimum Gasteiger partial charge on any atom is -0.354 e. The lowest BCUT2D eigenvalue weighted by Gasteiger charge is -2.33. The molecule has 44 heavy (non-hydrogen) atoms. The van der Waals surface area contributed by atoms with Crippen LogP contribution in [-0.2, 0) is 16.6 Å². The number of carbonyl (C=O) groups is 1. The topological polar surface area (TPSA) is 89.7 Å². The van der Waals surface area contributed by atoms with Gasteiger partial charge in [-0.25, -0.2) is 0 Å². The highest BCUT2D eigenvalue weighted by atomic mass is 16.2. The van der Waals surface area contributed by atoms with Crippen molar-refractivity contribution in [3.8, 4) is 11.3 Å². The van der Waals surface area contributed by atoms with Gasteiger partial charge in [-0.1, -0.05) is 36.2 Å². The second kappa shape index (κ2) is 11.2. The Morgan fingerprint density at radius 1 is 0.955 bits per heavy atom. The van der Waals surface area contributed by atoms with Crippen LogP contribution in [0.15, 0.2) is 54.6 Å². The van der Waals surface area contributed by atoms with Crippen molar-refractivity contribution in [2.45, 2.75) is 90.1 Å². The molecule has 0 radical (unpaired) electrons. The summed E-state index contributed by atoms with van der Waals surface area (Å²) in [5.41, 5.74) is 10.9. The minimum absolute atomic E-state index is 0.251. The summed E-state index contributed by atoms with van der Waals surface area (Å²) >= 11 is 0. The summed E-state index contributed by atoms with van der Waals surface area (Å²) in [7, 11) is 0. The van der Waals surface area contributed by atoms with E-state index in [-0.39, 0.29) is 11.8 Å². The lowest BCUT2D eigenvalue weighted by Crippen LogP contribution is -2.45. The summed E-state index contributed by atoms with van der Waals surface area (Å²) in [6.07, 6.45) is 5.56. The molecule has 228 valence electrons. The van der Waals surface area contributed by atoms with E-state index in [0.29, 0.717) is 12.1 Å². The Labute approximate surface area is 259 Å². The second-order valence-electron chi connectivity index (χ2n) is 13.9. The van der Waals surface area contributed by atoms with Crippen LogP contribution in [0, 0.1) is 13.8 Å². The zero-order chi connectivity index (χ0) is 30.6. The van der Waals surface area contributed by atoms with Gasteiger partial charge in [0.15, 0.2) is 0 Å². The van der Waals surface area contributed by atoms with Crippen molar-refractivity contribution in [3.05, 3.63) is 82.4 Å². The first-order valence-corrected chi connectivity index (χ1v) is 16.3. The van der Waals surface area contributed by atoms with Crippen molar-refractivity contribution in [3.63, 3.8) is 0 Å². The molecule has 2 bridgehead atoms. The van der Waals surface area contributed by atoms with Crippen LogP contribution >= 0.6 is 0 Å². The average molecular weight is 589 g/mol. The van der Waals surface area contributed by atoms with Gasteiger partial charge >= 0.3 is 0 Å². The normalized spacial score (nSPS) is 19.0. The summed E-state index contributed by atoms with van der Waals surface area (Å²) in [6, 6.07) is 20.6. The molecule has 2 aliphatic rings. The van der Waals surface area contributed by atoms with Crippen LogP contribution in [0.25, 0.3) is 33.2 Å². The maximum Gasteiger partial charge on any atom is 0.233 e. The molecule has 4 heterocycles. The standard InChI is InChI=1S/C37H44N6O/c1-22-16-23(2)18-26(17-22)35-34(24(3)21-38-15-14-25-6-12-32-33(19-25)41-42-40-32)30-20-27(7-13-31(30)39-35)37(4,5)36(44)43-28-8-9-29(43)11-10-28/h6-7,12-13,16-20,24,28-29,38-39H,8-11,14-15,21H2,1-5H3,(H,40,41,42)/t24-,28?,29?/m1/s1. The molecular formula is C37H44N6O. The van der Waals surface area contributed by atoms with Gasteiger partial charge in [0, 0.05) is 29.5 Å². The van der Waals surface area contributed by atoms with Crippen LogP contribution in [0.5, 0.6) is 0 Å². The number of hydrogen-bond donors (Lipinski definition) is 3. The van der Waals surface area contributed by atoms with Gasteiger partial charge in [0.05, 0.1) is 11.1 Å². The highest BCUT2D eigenvalue weighted by Gasteiger charge is 2.47. The van der Waals surface area contributed by atoms with E-state index >= 15 is 0 Å². The smallest absolute Gasteiger partial charge is 0.233 e. The number of nitrogens with one attached hydrogen (secondary N) is 3. The van der Waals surface area contributed by atoms with Gasteiger partial charge in [-0.2, -0.15) is 15.4 Å². The third kappa shape index (κ3) is 5.11. The van der Waals surface area contributed by atoms with Gasteiger partial charge < -0.3 is 15.2 Å². The SMILES string of the molecule is Cc1cc(C)cc(-c2[nH]c3ccc(C(C)(C)C(=O)N4C5CCC4CC5)cc3c2[C@H](C)CNCCc2ccc3n[nH]nc3c2)c1. The molecule has 2 saturated heterocycles. The third-order valence-corrected chi connectivity index (χ3v) is 10.2. The predicted molar refractivity (Wildman–Crippen MR) is 178 cm³/mol. The molecule has 0 saturated carbocycles. The molecule has 7 rings (SSSR count). The molecule has 1 atom stereocenters. The van der Waals surface area contributed by atoms with E-state index in [9.17, 15) is 4.79 Å². The molecule has 3 aromatic carbocycles. The number of aromatic amines is 2. The van der Waals surface area contributed by atoms with E-state index < -0.39 is 5.41 Å². The number of nitrogens with zero attached hydrogens (tertiary/aromatic N) is 3. The number of aromatic nitrogens is 4. The van der Waals surface area contributed by atoms with Crippen molar-refractivity contribution in [1.29, 1.82) is 0 Å². The molecule has 2 aliphatic heterocycles. The number of H-pyrrole nitrogens is 2. The first-order chi connectivity index (χ1) is 21.2. The number of hydrogen-bond acceptors (Lipinski definition) is 4. The van der Waals surface area contributed by atoms with Crippen molar-refractivity contribution in [1.82, 2.24) is 30.6 Å². The Morgan fingerprint density at radius 3 is 2.39 bits per heavy atom. The Balaban J connectivity index is 1.19. The van der Waals surface area contributed by atoms with Crippen molar-refractivity contribution in [2.75, 3.05) is 13.1 Å². The number of benzene rings is 3. The highest BCUT2D eigenvalue weighted by Crippen LogP contribution is 2.42. The molecular weight excluding hydrogens is 544 g/mol. The molecule has 2 fully saturated rings. The third-order valence-electron chi connectivity index (χ3n) is 10.2. The summed E-state index contributed by atoms with van der Waals surface area (Å²) < 4.78 is 0. The van der Waals surface area contributed by atoms with E-state index in [0.717, 1.165) is 67.3 Å². The van der Waals surface area contributed by atoms with Crippen LogP contribution in [0.2, 0.25) is 0 Å². The minimum atomic E-state index is -0.583. The van der Waals surface area contributed by atoms with Gasteiger partial charge in [-0.05, 0) is 131 Å².